The Morgan fingerprint density at radius 2 is 2.03 bits per heavy atom. The second-order valence-corrected chi connectivity index (χ2v) is 9.48. The highest BCUT2D eigenvalue weighted by Crippen LogP contribution is 2.45. The molecule has 1 atom stereocenters. The fourth-order valence-corrected chi connectivity index (χ4v) is 6.25. The minimum atomic E-state index is -0.575. The Morgan fingerprint density at radius 1 is 1.28 bits per heavy atom. The van der Waals surface area contributed by atoms with Gasteiger partial charge in [-0.05, 0) is 81.5 Å². The summed E-state index contributed by atoms with van der Waals surface area (Å²) in [6, 6.07) is 2.08. The minimum Gasteiger partial charge on any atom is -0.330 e. The Balaban J connectivity index is 1.84. The second kappa shape index (κ2) is 6.64. The summed E-state index contributed by atoms with van der Waals surface area (Å²) >= 11 is 1.62. The molecular weight excluding hydrogens is 389 g/mol. The van der Waals surface area contributed by atoms with Crippen LogP contribution < -0.4 is 17.0 Å². The van der Waals surface area contributed by atoms with Gasteiger partial charge < -0.3 is 5.73 Å². The smallest absolute Gasteiger partial charge is 0.330 e. The summed E-state index contributed by atoms with van der Waals surface area (Å²) in [5, 5.41) is 0. The maximum Gasteiger partial charge on any atom is 0.333 e. The van der Waals surface area contributed by atoms with Crippen LogP contribution in [0.2, 0.25) is 0 Å². The molecule has 3 N–H and O–H groups in total. The van der Waals surface area contributed by atoms with E-state index in [2.05, 4.69) is 11.1 Å². The zero-order valence-electron chi connectivity index (χ0n) is 16.6. The van der Waals surface area contributed by atoms with Gasteiger partial charge in [-0.25, -0.2) is 9.18 Å². The Hall–Kier alpha value is -2.25. The fourth-order valence-electron chi connectivity index (χ4n) is 4.86. The van der Waals surface area contributed by atoms with Crippen LogP contribution in [0.4, 0.5) is 4.39 Å². The molecule has 3 heterocycles. The van der Waals surface area contributed by atoms with E-state index in [1.165, 1.54) is 14.8 Å². The van der Waals surface area contributed by atoms with E-state index in [1.807, 2.05) is 6.92 Å². The summed E-state index contributed by atoms with van der Waals surface area (Å²) in [6.07, 6.45) is 5.01. The highest BCUT2D eigenvalue weighted by atomic mass is 32.1. The van der Waals surface area contributed by atoms with Crippen LogP contribution in [-0.2, 0) is 6.42 Å². The third kappa shape index (κ3) is 2.74. The molecule has 2 aliphatic rings. The molecule has 1 saturated carbocycles. The first kappa shape index (κ1) is 18.8. The van der Waals surface area contributed by atoms with E-state index in [4.69, 9.17) is 5.73 Å². The predicted octanol–water partition coefficient (Wildman–Crippen LogP) is 3.73. The fraction of sp³-hybridized carbons (Fsp3) is 0.455. The number of thiophene rings is 1. The third-order valence-corrected chi connectivity index (χ3v) is 7.73. The van der Waals surface area contributed by atoms with Crippen LogP contribution >= 0.6 is 11.3 Å². The molecule has 5 nitrogen and oxygen atoms in total. The third-order valence-electron chi connectivity index (χ3n) is 6.50. The molecule has 0 bridgehead atoms. The predicted molar refractivity (Wildman–Crippen MR) is 114 cm³/mol. The van der Waals surface area contributed by atoms with Crippen molar-refractivity contribution in [2.75, 3.05) is 6.54 Å². The number of rotatable bonds is 3. The number of nitrogens with zero attached hydrogens (tertiary/aromatic N) is 1. The van der Waals surface area contributed by atoms with Gasteiger partial charge in [0, 0.05) is 20.9 Å². The highest BCUT2D eigenvalue weighted by molar-refractivity contribution is 7.15. The van der Waals surface area contributed by atoms with Gasteiger partial charge in [-0.3, -0.25) is 14.2 Å². The second-order valence-electron chi connectivity index (χ2n) is 8.34. The van der Waals surface area contributed by atoms with Crippen molar-refractivity contribution in [3.63, 3.8) is 0 Å². The summed E-state index contributed by atoms with van der Waals surface area (Å²) in [7, 11) is 0. The number of halogens is 1. The molecule has 0 saturated heterocycles. The van der Waals surface area contributed by atoms with E-state index in [1.54, 1.807) is 18.3 Å². The van der Waals surface area contributed by atoms with Gasteiger partial charge in [0.15, 0.2) is 5.82 Å². The molecule has 0 spiro atoms. The van der Waals surface area contributed by atoms with Crippen molar-refractivity contribution in [3.8, 4) is 10.4 Å². The van der Waals surface area contributed by atoms with E-state index in [-0.39, 0.29) is 17.2 Å². The molecule has 7 heteroatoms. The number of aryl methyl sites for hydroxylation is 3. The van der Waals surface area contributed by atoms with Crippen LogP contribution in [0.3, 0.4) is 0 Å². The zero-order chi connectivity index (χ0) is 20.4. The zero-order valence-corrected chi connectivity index (χ0v) is 17.4. The first-order valence-corrected chi connectivity index (χ1v) is 11.0. The summed E-state index contributed by atoms with van der Waals surface area (Å²) in [5.74, 6) is 0.0684. The molecule has 152 valence electrons. The maximum absolute atomic E-state index is 15.6. The van der Waals surface area contributed by atoms with E-state index in [9.17, 15) is 9.59 Å². The lowest BCUT2D eigenvalue weighted by molar-refractivity contribution is 0.567. The molecule has 0 radical (unpaired) electrons. The number of hydrogen-bond acceptors (Lipinski definition) is 4. The summed E-state index contributed by atoms with van der Waals surface area (Å²) in [5.41, 5.74) is 8.92. The molecule has 0 amide bonds. The Labute approximate surface area is 171 Å². The molecule has 2 aliphatic carbocycles. The first-order chi connectivity index (χ1) is 13.9. The van der Waals surface area contributed by atoms with Crippen molar-refractivity contribution in [2.45, 2.75) is 57.8 Å². The van der Waals surface area contributed by atoms with Crippen molar-refractivity contribution in [1.29, 1.82) is 0 Å². The Bertz CT molecular complexity index is 1270. The summed E-state index contributed by atoms with van der Waals surface area (Å²) in [6.45, 7) is 4.03. The average Bonchev–Trinajstić information content (AvgIpc) is 3.43. The molecule has 0 aliphatic heterocycles. The van der Waals surface area contributed by atoms with Gasteiger partial charge in [0.25, 0.3) is 5.56 Å². The van der Waals surface area contributed by atoms with Crippen LogP contribution in [0.1, 0.15) is 64.8 Å². The molecule has 3 aromatic rings. The van der Waals surface area contributed by atoms with Crippen molar-refractivity contribution < 1.29 is 4.39 Å². The van der Waals surface area contributed by atoms with Crippen molar-refractivity contribution in [1.82, 2.24) is 9.38 Å². The van der Waals surface area contributed by atoms with Gasteiger partial charge in [0.1, 0.15) is 0 Å². The molecule has 5 rings (SSSR count). The number of hydrogen-bond donors (Lipinski definition) is 2. The topological polar surface area (TPSA) is 80.4 Å². The largest absolute Gasteiger partial charge is 0.333 e. The van der Waals surface area contributed by atoms with Crippen LogP contribution in [0.15, 0.2) is 15.7 Å². The lowest BCUT2D eigenvalue weighted by atomic mass is 9.87. The number of fused-ring (bicyclic) bond motifs is 2. The van der Waals surface area contributed by atoms with Gasteiger partial charge in [-0.1, -0.05) is 0 Å². The molecule has 1 unspecified atom stereocenters. The molecule has 3 aromatic heterocycles. The first-order valence-electron chi connectivity index (χ1n) is 10.2. The monoisotopic (exact) mass is 413 g/mol. The van der Waals surface area contributed by atoms with E-state index in [0.717, 1.165) is 37.0 Å². The quantitative estimate of drug-likeness (QED) is 0.687. The van der Waals surface area contributed by atoms with Crippen LogP contribution in [0.25, 0.3) is 16.0 Å². The van der Waals surface area contributed by atoms with Crippen LogP contribution in [0.5, 0.6) is 0 Å². The summed E-state index contributed by atoms with van der Waals surface area (Å²) in [4.78, 5) is 29.7. The number of aromatic nitrogens is 2. The standard InChI is InChI=1S/C22H24FN3O2S/c1-10-17(16-8-14-13(9-24)4-3-5-15(14)29-16)19(23)11(2)26-20(10)18(12-6-7-12)21(27)25-22(26)28/h8,12-13H,3-7,9,24H2,1-2H3,(H,25,27,28). The maximum atomic E-state index is 15.6. The van der Waals surface area contributed by atoms with E-state index in [0.29, 0.717) is 34.7 Å². The Morgan fingerprint density at radius 3 is 2.72 bits per heavy atom. The van der Waals surface area contributed by atoms with E-state index >= 15 is 4.39 Å². The number of pyridine rings is 1. The summed E-state index contributed by atoms with van der Waals surface area (Å²) < 4.78 is 16.9. The van der Waals surface area contributed by atoms with Crippen molar-refractivity contribution in [2.24, 2.45) is 5.73 Å². The SMILES string of the molecule is Cc1c(-c2cc3c(s2)CCCC3CN)c(F)c(C)n2c(=O)[nH]c(=O)c(C3CC3)c12. The minimum absolute atomic E-state index is 0.143. The van der Waals surface area contributed by atoms with Crippen molar-refractivity contribution in [3.05, 3.63) is 60.0 Å². The molecule has 0 aromatic carbocycles. The lowest BCUT2D eigenvalue weighted by Crippen LogP contribution is -2.31. The normalized spacial score (nSPS) is 19.0. The number of H-pyrrole nitrogens is 1. The van der Waals surface area contributed by atoms with Gasteiger partial charge in [0.05, 0.1) is 11.2 Å². The Kier molecular flexibility index (Phi) is 4.29. The van der Waals surface area contributed by atoms with Gasteiger partial charge in [0.2, 0.25) is 0 Å². The molecule has 1 fully saturated rings. The van der Waals surface area contributed by atoms with Gasteiger partial charge >= 0.3 is 5.69 Å². The lowest BCUT2D eigenvalue weighted by Gasteiger charge is -2.20. The van der Waals surface area contributed by atoms with Gasteiger partial charge in [-0.15, -0.1) is 11.3 Å². The van der Waals surface area contributed by atoms with Gasteiger partial charge in [-0.2, -0.15) is 0 Å². The molecular formula is C22H24FN3O2S. The van der Waals surface area contributed by atoms with Crippen LogP contribution in [0, 0.1) is 19.7 Å². The van der Waals surface area contributed by atoms with Crippen LogP contribution in [-0.4, -0.2) is 15.9 Å². The number of nitrogens with one attached hydrogen (secondary N) is 1. The highest BCUT2D eigenvalue weighted by Gasteiger charge is 2.32. The molecule has 29 heavy (non-hydrogen) atoms. The number of nitrogens with two attached hydrogens (primary N) is 1. The average molecular weight is 414 g/mol. The van der Waals surface area contributed by atoms with E-state index < -0.39 is 11.5 Å². The number of aromatic amines is 1. The van der Waals surface area contributed by atoms with Crippen molar-refractivity contribution >= 4 is 16.9 Å².